The van der Waals surface area contributed by atoms with Crippen LogP contribution in [0.1, 0.15) is 60.3 Å². The summed E-state index contributed by atoms with van der Waals surface area (Å²) in [5.74, 6) is 0. The minimum Gasteiger partial charge on any atom is -0.627 e. The summed E-state index contributed by atoms with van der Waals surface area (Å²) >= 11 is 0. The number of rotatable bonds is 9. The molecule has 22 heavy (non-hydrogen) atoms. The molecule has 0 bridgehead atoms. The number of hydrogen-bond donors (Lipinski definition) is 0. The van der Waals surface area contributed by atoms with E-state index < -0.39 is 19.1 Å². The number of hydrogen-bond acceptors (Lipinski definition) is 4. The van der Waals surface area contributed by atoms with Gasteiger partial charge in [-0.3, -0.25) is 0 Å². The molecule has 0 saturated carbocycles. The third-order valence-corrected chi connectivity index (χ3v) is 6.52. The Balaban J connectivity index is 2.77. The average molecular weight is 330 g/mol. The van der Waals surface area contributed by atoms with Crippen LogP contribution in [0, 0.1) is 0 Å². The third kappa shape index (κ3) is 4.87. The van der Waals surface area contributed by atoms with Crippen molar-refractivity contribution in [2.45, 2.75) is 71.5 Å². The molecule has 128 valence electrons. The van der Waals surface area contributed by atoms with Crippen LogP contribution < -0.4 is 4.89 Å². The predicted molar refractivity (Wildman–Crippen MR) is 90.5 cm³/mol. The fourth-order valence-electron chi connectivity index (χ4n) is 2.02. The Morgan fingerprint density at radius 3 is 2.27 bits per heavy atom. The molecule has 0 aromatic carbocycles. The molecule has 0 unspecified atom stereocenters. The molecular formula is C17H31O4P. The van der Waals surface area contributed by atoms with Gasteiger partial charge in [-0.05, 0) is 53.0 Å². The molecule has 1 rings (SSSR count). The first kappa shape index (κ1) is 19.8. The molecular weight excluding hydrogens is 299 g/mol. The molecule has 0 aromatic heterocycles. The Kier molecular flexibility index (Phi) is 7.22. The molecule has 0 aromatic rings. The quantitative estimate of drug-likeness (QED) is 0.358. The SMILES string of the molecule is C=CCCCOC/C(=C\CCC)[P+]1([O-])OC(C)(C)C(C)(C)O1. The Morgan fingerprint density at radius 1 is 1.18 bits per heavy atom. The molecule has 1 aliphatic rings. The zero-order valence-corrected chi connectivity index (χ0v) is 15.6. The number of unbranched alkanes of at least 4 members (excludes halogenated alkanes) is 2. The van der Waals surface area contributed by atoms with Gasteiger partial charge in [0, 0.05) is 6.61 Å². The van der Waals surface area contributed by atoms with Crippen LogP contribution in [0.2, 0.25) is 0 Å². The molecule has 0 atom stereocenters. The highest BCUT2D eigenvalue weighted by molar-refractivity contribution is 7.64. The topological polar surface area (TPSA) is 50.8 Å². The molecule has 1 fully saturated rings. The maximum Gasteiger partial charge on any atom is 0.270 e. The normalized spacial score (nSPS) is 22.7. The van der Waals surface area contributed by atoms with E-state index in [4.69, 9.17) is 13.8 Å². The zero-order valence-electron chi connectivity index (χ0n) is 14.7. The second-order valence-corrected chi connectivity index (χ2v) is 8.60. The van der Waals surface area contributed by atoms with E-state index in [1.165, 1.54) is 0 Å². The summed E-state index contributed by atoms with van der Waals surface area (Å²) in [6.07, 6.45) is 7.46. The Bertz CT molecular complexity index is 385. The first-order chi connectivity index (χ1) is 10.2. The van der Waals surface area contributed by atoms with Crippen LogP contribution >= 0.6 is 7.94 Å². The van der Waals surface area contributed by atoms with E-state index >= 15 is 0 Å². The van der Waals surface area contributed by atoms with Crippen LogP contribution in [0.5, 0.6) is 0 Å². The van der Waals surface area contributed by atoms with Crippen molar-refractivity contribution in [1.82, 2.24) is 0 Å². The lowest BCUT2D eigenvalue weighted by Gasteiger charge is -2.25. The minimum atomic E-state index is -3.29. The molecule has 5 heteroatoms. The first-order valence-electron chi connectivity index (χ1n) is 8.08. The molecule has 0 N–H and O–H groups in total. The monoisotopic (exact) mass is 330 g/mol. The molecule has 1 heterocycles. The molecule has 4 nitrogen and oxygen atoms in total. The summed E-state index contributed by atoms with van der Waals surface area (Å²) in [6.45, 7) is 14.3. The fourth-order valence-corrected chi connectivity index (χ4v) is 4.54. The van der Waals surface area contributed by atoms with Gasteiger partial charge < -0.3 is 9.63 Å². The smallest absolute Gasteiger partial charge is 0.270 e. The van der Waals surface area contributed by atoms with Gasteiger partial charge in [0.2, 0.25) is 0 Å². The lowest BCUT2D eigenvalue weighted by Crippen LogP contribution is -2.41. The molecule has 0 radical (unpaired) electrons. The van der Waals surface area contributed by atoms with Gasteiger partial charge in [0.05, 0.1) is 0 Å². The third-order valence-electron chi connectivity index (χ3n) is 4.11. The second kappa shape index (κ2) is 8.03. The molecule has 0 amide bonds. The lowest BCUT2D eigenvalue weighted by molar-refractivity contribution is -0.209. The summed E-state index contributed by atoms with van der Waals surface area (Å²) in [6, 6.07) is 0. The van der Waals surface area contributed by atoms with Crippen molar-refractivity contribution in [3.05, 3.63) is 24.0 Å². The lowest BCUT2D eigenvalue weighted by atomic mass is 9.90. The summed E-state index contributed by atoms with van der Waals surface area (Å²) in [4.78, 5) is 13.2. The van der Waals surface area contributed by atoms with Gasteiger partial charge in [-0.15, -0.1) is 6.58 Å². The summed E-state index contributed by atoms with van der Waals surface area (Å²) in [5.41, 5.74) is -1.20. The molecule has 0 spiro atoms. The second-order valence-electron chi connectivity index (χ2n) is 6.67. The highest BCUT2D eigenvalue weighted by Crippen LogP contribution is 2.71. The highest BCUT2D eigenvalue weighted by Gasteiger charge is 2.61. The van der Waals surface area contributed by atoms with E-state index in [2.05, 4.69) is 13.5 Å². The molecule has 1 aliphatic heterocycles. The van der Waals surface area contributed by atoms with Crippen molar-refractivity contribution in [2.75, 3.05) is 13.2 Å². The van der Waals surface area contributed by atoms with Gasteiger partial charge in [-0.1, -0.05) is 19.4 Å². The van der Waals surface area contributed by atoms with Crippen molar-refractivity contribution in [1.29, 1.82) is 0 Å². The van der Waals surface area contributed by atoms with E-state index in [9.17, 15) is 4.89 Å². The first-order valence-corrected chi connectivity index (χ1v) is 9.62. The maximum atomic E-state index is 13.2. The largest absolute Gasteiger partial charge is 0.627 e. The minimum absolute atomic E-state index is 0.292. The van der Waals surface area contributed by atoms with E-state index in [1.54, 1.807) is 0 Å². The van der Waals surface area contributed by atoms with E-state index in [1.807, 2.05) is 39.8 Å². The van der Waals surface area contributed by atoms with Crippen molar-refractivity contribution in [3.63, 3.8) is 0 Å². The highest BCUT2D eigenvalue weighted by atomic mass is 31.2. The number of ether oxygens (including phenoxy) is 1. The number of allylic oxidation sites excluding steroid dienone is 2. The van der Waals surface area contributed by atoms with Crippen molar-refractivity contribution in [2.24, 2.45) is 0 Å². The van der Waals surface area contributed by atoms with Gasteiger partial charge in [-0.25, -0.2) is 0 Å². The Hall–Kier alpha value is -0.250. The standard InChI is InChI=1S/C17H31O4P/c1-7-9-11-13-19-14-15(12-10-8-2)22(18)20-16(3,4)17(5,6)21-22/h7,12H,1,8-11,13-14H2,2-6H3/b15-12+. The van der Waals surface area contributed by atoms with Gasteiger partial charge in [0.1, 0.15) is 23.1 Å². The fraction of sp³-hybridized carbons (Fsp3) is 0.765. The van der Waals surface area contributed by atoms with Crippen molar-refractivity contribution >= 4 is 7.94 Å². The van der Waals surface area contributed by atoms with Gasteiger partial charge >= 0.3 is 0 Å². The molecule has 0 aliphatic carbocycles. The van der Waals surface area contributed by atoms with Gasteiger partial charge in [0.25, 0.3) is 7.94 Å². The van der Waals surface area contributed by atoms with Crippen molar-refractivity contribution in [3.8, 4) is 0 Å². The van der Waals surface area contributed by atoms with E-state index in [-0.39, 0.29) is 0 Å². The Labute approximate surface area is 136 Å². The van der Waals surface area contributed by atoms with Crippen LogP contribution in [0.4, 0.5) is 0 Å². The maximum absolute atomic E-state index is 13.2. The predicted octanol–water partition coefficient (Wildman–Crippen LogP) is 4.38. The van der Waals surface area contributed by atoms with Crippen LogP contribution in [-0.2, 0) is 13.8 Å². The van der Waals surface area contributed by atoms with Crippen LogP contribution in [0.3, 0.4) is 0 Å². The summed E-state index contributed by atoms with van der Waals surface area (Å²) in [5, 5.41) is 0.645. The van der Waals surface area contributed by atoms with Crippen LogP contribution in [0.25, 0.3) is 0 Å². The summed E-state index contributed by atoms with van der Waals surface area (Å²) in [7, 11) is -3.29. The molecule has 1 saturated heterocycles. The van der Waals surface area contributed by atoms with Gasteiger partial charge in [0.15, 0.2) is 0 Å². The zero-order chi connectivity index (χ0) is 16.9. The summed E-state index contributed by atoms with van der Waals surface area (Å²) < 4.78 is 17.4. The Morgan fingerprint density at radius 2 is 1.77 bits per heavy atom. The average Bonchev–Trinajstić information content (AvgIpc) is 2.57. The van der Waals surface area contributed by atoms with E-state index in [0.29, 0.717) is 18.5 Å². The van der Waals surface area contributed by atoms with Crippen molar-refractivity contribution < 1.29 is 18.7 Å². The van der Waals surface area contributed by atoms with E-state index in [0.717, 1.165) is 25.7 Å². The van der Waals surface area contributed by atoms with Crippen LogP contribution in [-0.4, -0.2) is 24.4 Å². The van der Waals surface area contributed by atoms with Gasteiger partial charge in [-0.2, -0.15) is 9.05 Å². The van der Waals surface area contributed by atoms with Crippen LogP contribution in [0.15, 0.2) is 24.0 Å².